The van der Waals surface area contributed by atoms with E-state index in [9.17, 15) is 0 Å². The van der Waals surface area contributed by atoms with Gasteiger partial charge in [-0.1, -0.05) is 179 Å². The van der Waals surface area contributed by atoms with Crippen LogP contribution in [0.4, 0.5) is 0 Å². The van der Waals surface area contributed by atoms with Gasteiger partial charge in [-0.2, -0.15) is 0 Å². The van der Waals surface area contributed by atoms with Crippen LogP contribution in [-0.4, -0.2) is 0 Å². The highest BCUT2D eigenvalue weighted by molar-refractivity contribution is 7.80. The minimum Gasteiger partial charge on any atom is -0.143 e. The molecule has 0 saturated carbocycles. The fraction of sp³-hybridized carbons (Fsp3) is 0.154. The van der Waals surface area contributed by atoms with Crippen molar-refractivity contribution in [3.8, 4) is 22.3 Å². The number of hydrogen-bond acceptors (Lipinski definition) is 4. The second-order valence-corrected chi connectivity index (χ2v) is 15.8. The molecule has 56 heavy (non-hydrogen) atoms. The molecule has 0 spiro atoms. The summed E-state index contributed by atoms with van der Waals surface area (Å²) in [6.07, 6.45) is 5.39. The summed E-state index contributed by atoms with van der Waals surface area (Å²) in [6.45, 7) is 8.00. The van der Waals surface area contributed by atoms with E-state index in [1.54, 1.807) is 10.4 Å². The molecule has 0 fully saturated rings. The van der Waals surface area contributed by atoms with Gasteiger partial charge in [-0.25, -0.2) is 0 Å². The lowest BCUT2D eigenvalue weighted by Crippen LogP contribution is -1.97. The Hall–Kier alpha value is -4.58. The summed E-state index contributed by atoms with van der Waals surface area (Å²) >= 11 is 12.7. The predicted molar refractivity (Wildman–Crippen MR) is 259 cm³/mol. The molecular weight excluding hydrogens is 753 g/mol. The molecule has 0 saturated heterocycles. The number of benzene rings is 7. The number of rotatable bonds is 2. The van der Waals surface area contributed by atoms with Gasteiger partial charge in [0, 0.05) is 39.5 Å². The van der Waals surface area contributed by atoms with Crippen molar-refractivity contribution in [2.24, 2.45) is 0 Å². The molecular formula is C52H52S4. The zero-order valence-corrected chi connectivity index (χ0v) is 36.3. The van der Waals surface area contributed by atoms with Crippen molar-refractivity contribution in [3.05, 3.63) is 192 Å². The summed E-state index contributed by atoms with van der Waals surface area (Å²) in [5.74, 6) is 0. The molecule has 9 aromatic rings. The normalized spacial score (nSPS) is 11.1. The van der Waals surface area contributed by atoms with Crippen LogP contribution in [0.2, 0.25) is 0 Å². The van der Waals surface area contributed by atoms with Crippen LogP contribution in [0.25, 0.3) is 52.5 Å². The van der Waals surface area contributed by atoms with Crippen molar-refractivity contribution in [2.45, 2.75) is 63.2 Å². The van der Waals surface area contributed by atoms with Gasteiger partial charge in [-0.3, -0.25) is 0 Å². The van der Waals surface area contributed by atoms with E-state index in [1.807, 2.05) is 123 Å². The van der Waals surface area contributed by atoms with Crippen LogP contribution in [0.3, 0.4) is 0 Å². The lowest BCUT2D eigenvalue weighted by Gasteiger charge is -2.09. The van der Waals surface area contributed by atoms with Gasteiger partial charge in [0.05, 0.1) is 0 Å². The highest BCUT2D eigenvalue weighted by Gasteiger charge is 2.14. The lowest BCUT2D eigenvalue weighted by atomic mass is 9.96. The monoisotopic (exact) mass is 804 g/mol. The minimum absolute atomic E-state index is 1.02. The van der Waals surface area contributed by atoms with Gasteiger partial charge in [0.25, 0.3) is 0 Å². The zero-order valence-electron chi connectivity index (χ0n) is 32.9. The fourth-order valence-electron chi connectivity index (χ4n) is 6.56. The summed E-state index contributed by atoms with van der Waals surface area (Å²) in [6, 6.07) is 62.7. The summed E-state index contributed by atoms with van der Waals surface area (Å²) in [4.78, 5) is 3.69. The van der Waals surface area contributed by atoms with Gasteiger partial charge >= 0.3 is 0 Å². The first kappa shape index (κ1) is 42.6. The fourth-order valence-corrected chi connectivity index (χ4v) is 9.54. The van der Waals surface area contributed by atoms with Crippen LogP contribution in [0.1, 0.15) is 51.0 Å². The Bertz CT molecular complexity index is 2360. The quantitative estimate of drug-likeness (QED) is 0.160. The molecule has 7 aromatic carbocycles. The highest BCUT2D eigenvalue weighted by atomic mass is 32.1. The van der Waals surface area contributed by atoms with E-state index in [4.69, 9.17) is 0 Å². The zero-order chi connectivity index (χ0) is 39.5. The minimum atomic E-state index is 1.02. The average Bonchev–Trinajstić information content (AvgIpc) is 3.86. The summed E-state index contributed by atoms with van der Waals surface area (Å²) in [7, 11) is 0. The number of aryl methyl sites for hydroxylation is 2. The van der Waals surface area contributed by atoms with Crippen molar-refractivity contribution < 1.29 is 0 Å². The lowest BCUT2D eigenvalue weighted by molar-refractivity contribution is 0.700. The number of hydrogen-bond donors (Lipinski definition) is 2. The Balaban J connectivity index is 0.000000139. The van der Waals surface area contributed by atoms with E-state index >= 15 is 0 Å². The van der Waals surface area contributed by atoms with Crippen molar-refractivity contribution in [2.75, 3.05) is 0 Å². The van der Waals surface area contributed by atoms with Crippen molar-refractivity contribution in [1.82, 2.24) is 0 Å². The topological polar surface area (TPSA) is 0 Å². The molecule has 4 heteroatoms. The van der Waals surface area contributed by atoms with Crippen LogP contribution in [0, 0.1) is 0 Å². The first-order chi connectivity index (χ1) is 27.7. The molecule has 0 bridgehead atoms. The molecule has 0 radical (unpaired) electrons. The molecule has 2 aromatic heterocycles. The van der Waals surface area contributed by atoms with Crippen molar-refractivity contribution in [1.29, 1.82) is 0 Å². The van der Waals surface area contributed by atoms with E-state index in [0.717, 1.165) is 9.79 Å². The molecule has 0 amide bonds. The second kappa shape index (κ2) is 22.8. The van der Waals surface area contributed by atoms with Gasteiger partial charge in [0.15, 0.2) is 0 Å². The van der Waals surface area contributed by atoms with E-state index < -0.39 is 0 Å². The molecule has 0 unspecified atom stereocenters. The Morgan fingerprint density at radius 1 is 0.357 bits per heavy atom. The molecule has 1 aliphatic carbocycles. The molecule has 2 heterocycles. The van der Waals surface area contributed by atoms with Gasteiger partial charge in [0.1, 0.15) is 0 Å². The van der Waals surface area contributed by atoms with E-state index in [2.05, 4.69) is 134 Å². The second-order valence-electron chi connectivity index (χ2n) is 12.6. The van der Waals surface area contributed by atoms with E-state index in [1.165, 1.54) is 78.2 Å². The molecule has 1 aliphatic rings. The molecule has 0 nitrogen and oxygen atoms in total. The largest absolute Gasteiger partial charge is 0.143 e. The SMILES string of the molecule is CC.CC.Sc1ccccc1-c1ccccc1.Sc1ccccc1-c1ccccc1.c1ccc2c(c1)sc1ccccc12.c1ccc2c3c(sc2c1)CCCC3. The molecule has 0 atom stereocenters. The van der Waals surface area contributed by atoms with Gasteiger partial charge < -0.3 is 0 Å². The van der Waals surface area contributed by atoms with Crippen molar-refractivity contribution >= 4 is 78.2 Å². The number of thiol groups is 2. The third kappa shape index (κ3) is 11.3. The number of fused-ring (bicyclic) bond motifs is 6. The van der Waals surface area contributed by atoms with Crippen LogP contribution in [0.5, 0.6) is 0 Å². The van der Waals surface area contributed by atoms with E-state index in [-0.39, 0.29) is 0 Å². The summed E-state index contributed by atoms with van der Waals surface area (Å²) in [5.41, 5.74) is 6.45. The van der Waals surface area contributed by atoms with Crippen molar-refractivity contribution in [3.63, 3.8) is 0 Å². The standard InChI is InChI=1S/C12H12S.C12H8S.2C12H10S.2C2H6/c2*1-3-7-11-9(5-1)10-6-2-4-8-12(10)13-11;2*13-12-9-5-4-8-11(12)10-6-2-1-3-7-10;2*1-2/h1,3,5,7H,2,4,6,8H2;1-8H;2*1-9,13H;2*1-2H3. The van der Waals surface area contributed by atoms with Gasteiger partial charge in [-0.15, -0.1) is 47.9 Å². The van der Waals surface area contributed by atoms with E-state index in [0.29, 0.717) is 0 Å². The molecule has 10 rings (SSSR count). The number of thiophene rings is 2. The van der Waals surface area contributed by atoms with Crippen LogP contribution in [0.15, 0.2) is 192 Å². The third-order valence-electron chi connectivity index (χ3n) is 9.12. The summed E-state index contributed by atoms with van der Waals surface area (Å²) in [5, 5.41) is 4.27. The van der Waals surface area contributed by atoms with Crippen LogP contribution in [-0.2, 0) is 12.8 Å². The first-order valence-corrected chi connectivity index (χ1v) is 22.2. The van der Waals surface area contributed by atoms with Crippen LogP contribution >= 0.6 is 47.9 Å². The maximum absolute atomic E-state index is 4.41. The Morgan fingerprint density at radius 3 is 1.18 bits per heavy atom. The first-order valence-electron chi connectivity index (χ1n) is 19.7. The Morgan fingerprint density at radius 2 is 0.714 bits per heavy atom. The smallest absolute Gasteiger partial charge is 0.0355 e. The maximum Gasteiger partial charge on any atom is 0.0355 e. The third-order valence-corrected chi connectivity index (χ3v) is 12.3. The van der Waals surface area contributed by atoms with Gasteiger partial charge in [-0.05, 0) is 89.2 Å². The summed E-state index contributed by atoms with van der Waals surface area (Å²) < 4.78 is 4.24. The molecule has 0 aliphatic heterocycles. The Labute approximate surface area is 353 Å². The highest BCUT2D eigenvalue weighted by Crippen LogP contribution is 2.36. The Kier molecular flexibility index (Phi) is 17.4. The molecule has 0 N–H and O–H groups in total. The van der Waals surface area contributed by atoms with Crippen LogP contribution < -0.4 is 0 Å². The maximum atomic E-state index is 4.41. The molecule has 284 valence electrons. The predicted octanol–water partition coefficient (Wildman–Crippen LogP) is 17.2. The average molecular weight is 805 g/mol. The van der Waals surface area contributed by atoms with Gasteiger partial charge in [0.2, 0.25) is 0 Å².